The van der Waals surface area contributed by atoms with E-state index in [0.717, 1.165) is 22.7 Å². The SMILES string of the molecule is CCC1(CC)CCC2(CC1)CC1CCCC(CCC1)C2. The highest BCUT2D eigenvalue weighted by Crippen LogP contribution is 2.56. The summed E-state index contributed by atoms with van der Waals surface area (Å²) in [6, 6.07) is 0. The molecule has 4 aliphatic carbocycles. The van der Waals surface area contributed by atoms with E-state index < -0.39 is 0 Å². The van der Waals surface area contributed by atoms with Gasteiger partial charge in [-0.25, -0.2) is 0 Å². The van der Waals surface area contributed by atoms with E-state index in [4.69, 9.17) is 0 Å². The van der Waals surface area contributed by atoms with E-state index in [1.54, 1.807) is 77.0 Å². The molecule has 4 aliphatic rings. The van der Waals surface area contributed by atoms with Crippen molar-refractivity contribution < 1.29 is 0 Å². The van der Waals surface area contributed by atoms with Crippen LogP contribution in [0.2, 0.25) is 0 Å². The van der Waals surface area contributed by atoms with Crippen molar-refractivity contribution in [2.45, 2.75) is 104 Å². The van der Waals surface area contributed by atoms with Gasteiger partial charge in [0.05, 0.1) is 0 Å². The Hall–Kier alpha value is 0. The molecule has 0 N–H and O–H groups in total. The van der Waals surface area contributed by atoms with Gasteiger partial charge in [-0.15, -0.1) is 0 Å². The van der Waals surface area contributed by atoms with Gasteiger partial charge in [0.25, 0.3) is 0 Å². The van der Waals surface area contributed by atoms with Crippen LogP contribution in [-0.2, 0) is 0 Å². The molecule has 1 spiro atoms. The third-order valence-electron chi connectivity index (χ3n) is 7.76. The summed E-state index contributed by atoms with van der Waals surface area (Å²) in [5.74, 6) is 2.18. The molecule has 20 heavy (non-hydrogen) atoms. The van der Waals surface area contributed by atoms with Gasteiger partial charge in [-0.1, -0.05) is 65.2 Å². The second-order valence-corrected chi connectivity index (χ2v) is 8.71. The lowest BCUT2D eigenvalue weighted by atomic mass is 9.55. The van der Waals surface area contributed by atoms with E-state index in [-0.39, 0.29) is 0 Å². The molecule has 2 bridgehead atoms. The monoisotopic (exact) mass is 276 g/mol. The smallest absolute Gasteiger partial charge is 0.0292 e. The predicted octanol–water partition coefficient (Wildman–Crippen LogP) is 6.73. The van der Waals surface area contributed by atoms with Crippen LogP contribution in [0.5, 0.6) is 0 Å². The summed E-state index contributed by atoms with van der Waals surface area (Å²) in [5, 5.41) is 0. The summed E-state index contributed by atoms with van der Waals surface area (Å²) in [6.45, 7) is 4.88. The fourth-order valence-electron chi connectivity index (χ4n) is 6.07. The van der Waals surface area contributed by atoms with Crippen LogP contribution in [0.1, 0.15) is 104 Å². The third kappa shape index (κ3) is 2.95. The summed E-state index contributed by atoms with van der Waals surface area (Å²) in [6.07, 6.45) is 21.6. The van der Waals surface area contributed by atoms with Crippen LogP contribution in [0.25, 0.3) is 0 Å². The van der Waals surface area contributed by atoms with Crippen molar-refractivity contribution in [3.8, 4) is 0 Å². The number of hydrogen-bond acceptors (Lipinski definition) is 0. The van der Waals surface area contributed by atoms with Gasteiger partial charge in [-0.05, 0) is 61.2 Å². The maximum atomic E-state index is 2.44. The van der Waals surface area contributed by atoms with Crippen molar-refractivity contribution in [1.29, 1.82) is 0 Å². The zero-order valence-corrected chi connectivity index (χ0v) is 14.1. The van der Waals surface area contributed by atoms with E-state index in [0.29, 0.717) is 0 Å². The van der Waals surface area contributed by atoms with Crippen LogP contribution in [0.4, 0.5) is 0 Å². The van der Waals surface area contributed by atoms with Crippen LogP contribution in [0, 0.1) is 22.7 Å². The standard InChI is InChI=1S/C20H36/c1-3-19(4-2)11-13-20(14-12-19)15-17-7-5-8-18(16-20)10-6-9-17/h17-18H,3-16H2,1-2H3. The van der Waals surface area contributed by atoms with Crippen molar-refractivity contribution in [3.05, 3.63) is 0 Å². The minimum Gasteiger partial charge on any atom is -0.0649 e. The lowest BCUT2D eigenvalue weighted by molar-refractivity contribution is 0.0101. The van der Waals surface area contributed by atoms with Gasteiger partial charge in [-0.3, -0.25) is 0 Å². The molecule has 0 saturated heterocycles. The van der Waals surface area contributed by atoms with Crippen LogP contribution >= 0.6 is 0 Å². The molecular formula is C20H36. The molecule has 0 unspecified atom stereocenters. The van der Waals surface area contributed by atoms with Gasteiger partial charge < -0.3 is 0 Å². The molecule has 0 amide bonds. The van der Waals surface area contributed by atoms with Gasteiger partial charge in [-0.2, -0.15) is 0 Å². The Morgan fingerprint density at radius 1 is 0.700 bits per heavy atom. The minimum atomic E-state index is 0.725. The van der Waals surface area contributed by atoms with E-state index in [1.165, 1.54) is 12.8 Å². The molecular weight excluding hydrogens is 240 g/mol. The second kappa shape index (κ2) is 6.01. The summed E-state index contributed by atoms with van der Waals surface area (Å²) in [5.41, 5.74) is 1.51. The van der Waals surface area contributed by atoms with Crippen molar-refractivity contribution >= 4 is 0 Å². The fourth-order valence-corrected chi connectivity index (χ4v) is 6.07. The fraction of sp³-hybridized carbons (Fsp3) is 1.00. The van der Waals surface area contributed by atoms with Crippen LogP contribution in [-0.4, -0.2) is 0 Å². The molecule has 0 radical (unpaired) electrons. The molecule has 116 valence electrons. The Labute approximate surface area is 127 Å². The normalized spacial score (nSPS) is 36.3. The Balaban J connectivity index is 1.72. The molecule has 0 nitrogen and oxygen atoms in total. The molecule has 0 aromatic heterocycles. The number of fused-ring (bicyclic) bond motifs is 4. The highest BCUT2D eigenvalue weighted by molar-refractivity contribution is 4.95. The first-order chi connectivity index (χ1) is 9.69. The van der Waals surface area contributed by atoms with E-state index in [9.17, 15) is 0 Å². The molecule has 4 rings (SSSR count). The average Bonchev–Trinajstić information content (AvgIpc) is 2.42. The molecule has 0 aliphatic heterocycles. The van der Waals surface area contributed by atoms with E-state index >= 15 is 0 Å². The molecule has 0 heteroatoms. The highest BCUT2D eigenvalue weighted by Gasteiger charge is 2.44. The van der Waals surface area contributed by atoms with Crippen molar-refractivity contribution in [2.75, 3.05) is 0 Å². The predicted molar refractivity (Wildman–Crippen MR) is 87.8 cm³/mol. The Morgan fingerprint density at radius 3 is 1.55 bits per heavy atom. The van der Waals surface area contributed by atoms with Crippen LogP contribution < -0.4 is 0 Å². The largest absolute Gasteiger partial charge is 0.0649 e. The lowest BCUT2D eigenvalue weighted by Crippen LogP contribution is -2.38. The number of rotatable bonds is 2. The second-order valence-electron chi connectivity index (χ2n) is 8.71. The van der Waals surface area contributed by atoms with Gasteiger partial charge in [0.1, 0.15) is 0 Å². The maximum Gasteiger partial charge on any atom is -0.0292 e. The van der Waals surface area contributed by atoms with Gasteiger partial charge in [0, 0.05) is 0 Å². The zero-order valence-electron chi connectivity index (χ0n) is 14.1. The summed E-state index contributed by atoms with van der Waals surface area (Å²) in [7, 11) is 0. The average molecular weight is 277 g/mol. The van der Waals surface area contributed by atoms with Crippen molar-refractivity contribution in [1.82, 2.24) is 0 Å². The Bertz CT molecular complexity index is 276. The first-order valence-corrected chi connectivity index (χ1v) is 9.69. The van der Waals surface area contributed by atoms with Crippen molar-refractivity contribution in [3.63, 3.8) is 0 Å². The summed E-state index contributed by atoms with van der Waals surface area (Å²) < 4.78 is 0. The van der Waals surface area contributed by atoms with E-state index in [2.05, 4.69) is 13.8 Å². The molecule has 0 atom stereocenters. The minimum absolute atomic E-state index is 0.725. The van der Waals surface area contributed by atoms with Gasteiger partial charge >= 0.3 is 0 Å². The first kappa shape index (κ1) is 14.9. The molecule has 0 heterocycles. The number of hydrogen-bond donors (Lipinski definition) is 0. The molecule has 4 fully saturated rings. The molecule has 0 aromatic carbocycles. The Kier molecular flexibility index (Phi) is 4.48. The van der Waals surface area contributed by atoms with Crippen LogP contribution in [0.15, 0.2) is 0 Å². The topological polar surface area (TPSA) is 0 Å². The molecule has 4 saturated carbocycles. The van der Waals surface area contributed by atoms with E-state index in [1.807, 2.05) is 0 Å². The molecule has 0 aromatic rings. The third-order valence-corrected chi connectivity index (χ3v) is 7.76. The highest BCUT2D eigenvalue weighted by atomic mass is 14.5. The van der Waals surface area contributed by atoms with Gasteiger partial charge in [0.2, 0.25) is 0 Å². The first-order valence-electron chi connectivity index (χ1n) is 9.69. The maximum absolute atomic E-state index is 2.44. The zero-order chi connectivity index (χ0) is 14.1. The summed E-state index contributed by atoms with van der Waals surface area (Å²) in [4.78, 5) is 0. The quantitative estimate of drug-likeness (QED) is 0.524. The van der Waals surface area contributed by atoms with Gasteiger partial charge in [0.15, 0.2) is 0 Å². The van der Waals surface area contributed by atoms with Crippen molar-refractivity contribution in [2.24, 2.45) is 22.7 Å². The summed E-state index contributed by atoms with van der Waals surface area (Å²) >= 11 is 0. The lowest BCUT2D eigenvalue weighted by Gasteiger charge is -2.51. The Morgan fingerprint density at radius 2 is 1.15 bits per heavy atom. The van der Waals surface area contributed by atoms with Crippen LogP contribution in [0.3, 0.4) is 0 Å².